The summed E-state index contributed by atoms with van der Waals surface area (Å²) in [4.78, 5) is 4.54. The topological polar surface area (TPSA) is 32.5 Å². The van der Waals surface area contributed by atoms with Gasteiger partial charge in [0.1, 0.15) is 0 Å². The van der Waals surface area contributed by atoms with Gasteiger partial charge in [-0.3, -0.25) is 4.90 Å². The number of likely N-dealkylation sites (N-methyl/N-ethyl adjacent to an activating group) is 2. The fourth-order valence-corrected chi connectivity index (χ4v) is 2.19. The molecule has 1 aromatic carbocycles. The lowest BCUT2D eigenvalue weighted by Crippen LogP contribution is -2.35. The van der Waals surface area contributed by atoms with E-state index in [0.717, 1.165) is 13.1 Å². The third-order valence-corrected chi connectivity index (χ3v) is 3.64. The first-order valence-corrected chi connectivity index (χ1v) is 7.10. The molecule has 3 heteroatoms. The minimum atomic E-state index is 0.307. The van der Waals surface area contributed by atoms with Gasteiger partial charge in [-0.1, -0.05) is 38.1 Å². The van der Waals surface area contributed by atoms with Crippen LogP contribution < -0.4 is 5.73 Å². The van der Waals surface area contributed by atoms with Crippen LogP contribution in [0.4, 0.5) is 0 Å². The fraction of sp³-hybridized carbons (Fsp3) is 0.625. The average molecular weight is 263 g/mol. The van der Waals surface area contributed by atoms with E-state index in [9.17, 15) is 0 Å². The Bertz CT molecular complexity index is 357. The van der Waals surface area contributed by atoms with Crippen LogP contribution in [-0.2, 0) is 0 Å². The molecule has 0 aromatic heterocycles. The molecule has 0 aliphatic heterocycles. The van der Waals surface area contributed by atoms with Gasteiger partial charge in [0, 0.05) is 25.7 Å². The standard InChI is InChI=1S/C16H29N3/c1-13(2)14-6-8-15(9-7-14)16(12-17)19(5)11-10-18(3)4/h6-9,13,16H,10-12,17H2,1-5H3. The predicted molar refractivity (Wildman–Crippen MR) is 83.5 cm³/mol. The lowest BCUT2D eigenvalue weighted by atomic mass is 9.98. The second-order valence-electron chi connectivity index (χ2n) is 5.86. The van der Waals surface area contributed by atoms with E-state index in [1.165, 1.54) is 11.1 Å². The summed E-state index contributed by atoms with van der Waals surface area (Å²) in [6, 6.07) is 9.20. The van der Waals surface area contributed by atoms with Crippen molar-refractivity contribution in [3.8, 4) is 0 Å². The van der Waals surface area contributed by atoms with E-state index in [-0.39, 0.29) is 0 Å². The summed E-state index contributed by atoms with van der Waals surface area (Å²) in [5.74, 6) is 0.580. The average Bonchev–Trinajstić information content (AvgIpc) is 2.37. The predicted octanol–water partition coefficient (Wildman–Crippen LogP) is 2.30. The van der Waals surface area contributed by atoms with Crippen LogP contribution in [0.15, 0.2) is 24.3 Å². The zero-order chi connectivity index (χ0) is 14.4. The molecule has 1 rings (SSSR count). The van der Waals surface area contributed by atoms with E-state index >= 15 is 0 Å². The molecule has 3 nitrogen and oxygen atoms in total. The summed E-state index contributed by atoms with van der Waals surface area (Å²) in [6.07, 6.45) is 0. The van der Waals surface area contributed by atoms with Crippen molar-refractivity contribution in [2.24, 2.45) is 5.73 Å². The molecule has 0 aliphatic carbocycles. The molecule has 1 unspecified atom stereocenters. The van der Waals surface area contributed by atoms with Gasteiger partial charge in [0.15, 0.2) is 0 Å². The van der Waals surface area contributed by atoms with Gasteiger partial charge >= 0.3 is 0 Å². The van der Waals surface area contributed by atoms with E-state index in [1.54, 1.807) is 0 Å². The normalized spacial score (nSPS) is 13.5. The van der Waals surface area contributed by atoms with Gasteiger partial charge in [-0.25, -0.2) is 0 Å². The van der Waals surface area contributed by atoms with Crippen LogP contribution in [0.1, 0.15) is 36.9 Å². The van der Waals surface area contributed by atoms with Crippen LogP contribution in [0.3, 0.4) is 0 Å². The largest absolute Gasteiger partial charge is 0.329 e. The highest BCUT2D eigenvalue weighted by atomic mass is 15.2. The molecule has 0 saturated carbocycles. The van der Waals surface area contributed by atoms with E-state index in [2.05, 4.69) is 69.1 Å². The van der Waals surface area contributed by atoms with Crippen molar-refractivity contribution >= 4 is 0 Å². The number of rotatable bonds is 7. The molecule has 0 aliphatic rings. The molecule has 0 spiro atoms. The number of nitrogens with two attached hydrogens (primary N) is 1. The van der Waals surface area contributed by atoms with Crippen molar-refractivity contribution in [1.29, 1.82) is 0 Å². The van der Waals surface area contributed by atoms with Crippen LogP contribution in [0.2, 0.25) is 0 Å². The first-order valence-electron chi connectivity index (χ1n) is 7.10. The van der Waals surface area contributed by atoms with Crippen molar-refractivity contribution in [2.45, 2.75) is 25.8 Å². The SMILES string of the molecule is CC(C)c1ccc(C(CN)N(C)CCN(C)C)cc1. The summed E-state index contributed by atoms with van der Waals surface area (Å²) < 4.78 is 0. The van der Waals surface area contributed by atoms with Gasteiger partial charge in [0.25, 0.3) is 0 Å². The monoisotopic (exact) mass is 263 g/mol. The van der Waals surface area contributed by atoms with Gasteiger partial charge in [0.05, 0.1) is 0 Å². The molecular weight excluding hydrogens is 234 g/mol. The second-order valence-corrected chi connectivity index (χ2v) is 5.86. The van der Waals surface area contributed by atoms with Crippen molar-refractivity contribution in [1.82, 2.24) is 9.80 Å². The first kappa shape index (κ1) is 16.2. The molecule has 0 bridgehead atoms. The smallest absolute Gasteiger partial charge is 0.0467 e. The van der Waals surface area contributed by atoms with Gasteiger partial charge in [-0.2, -0.15) is 0 Å². The molecule has 0 amide bonds. The van der Waals surface area contributed by atoms with Crippen LogP contribution in [0.5, 0.6) is 0 Å². The molecule has 19 heavy (non-hydrogen) atoms. The highest BCUT2D eigenvalue weighted by Crippen LogP contribution is 2.21. The Morgan fingerprint density at radius 2 is 1.47 bits per heavy atom. The zero-order valence-corrected chi connectivity index (χ0v) is 13.1. The van der Waals surface area contributed by atoms with Gasteiger partial charge in [-0.05, 0) is 38.2 Å². The minimum Gasteiger partial charge on any atom is -0.329 e. The molecular formula is C16H29N3. The molecule has 0 heterocycles. The Morgan fingerprint density at radius 1 is 0.947 bits per heavy atom. The lowest BCUT2D eigenvalue weighted by molar-refractivity contribution is 0.223. The molecule has 108 valence electrons. The lowest BCUT2D eigenvalue weighted by Gasteiger charge is -2.28. The molecule has 2 N–H and O–H groups in total. The summed E-state index contributed by atoms with van der Waals surface area (Å²) in [5.41, 5.74) is 8.65. The third kappa shape index (κ3) is 4.94. The molecule has 0 fully saturated rings. The number of nitrogens with zero attached hydrogens (tertiary/aromatic N) is 2. The molecule has 0 radical (unpaired) electrons. The maximum absolute atomic E-state index is 5.95. The van der Waals surface area contributed by atoms with Gasteiger partial charge in [0.2, 0.25) is 0 Å². The molecule has 1 atom stereocenters. The van der Waals surface area contributed by atoms with Crippen LogP contribution >= 0.6 is 0 Å². The third-order valence-electron chi connectivity index (χ3n) is 3.64. The second kappa shape index (κ2) is 7.63. The highest BCUT2D eigenvalue weighted by Gasteiger charge is 2.15. The van der Waals surface area contributed by atoms with Crippen molar-refractivity contribution < 1.29 is 0 Å². The van der Waals surface area contributed by atoms with Gasteiger partial charge < -0.3 is 10.6 Å². The summed E-state index contributed by atoms with van der Waals surface area (Å²) in [7, 11) is 6.35. The minimum absolute atomic E-state index is 0.307. The summed E-state index contributed by atoms with van der Waals surface area (Å²) >= 11 is 0. The fourth-order valence-electron chi connectivity index (χ4n) is 2.19. The quantitative estimate of drug-likeness (QED) is 0.819. The maximum Gasteiger partial charge on any atom is 0.0467 e. The highest BCUT2D eigenvalue weighted by molar-refractivity contribution is 5.27. The summed E-state index contributed by atoms with van der Waals surface area (Å²) in [6.45, 7) is 7.18. The van der Waals surface area contributed by atoms with E-state index < -0.39 is 0 Å². The maximum atomic E-state index is 5.95. The van der Waals surface area contributed by atoms with Crippen molar-refractivity contribution in [2.75, 3.05) is 40.8 Å². The van der Waals surface area contributed by atoms with E-state index in [0.29, 0.717) is 18.5 Å². The Balaban J connectivity index is 2.73. The van der Waals surface area contributed by atoms with Crippen LogP contribution in [0.25, 0.3) is 0 Å². The van der Waals surface area contributed by atoms with Crippen molar-refractivity contribution in [3.05, 3.63) is 35.4 Å². The zero-order valence-electron chi connectivity index (χ0n) is 13.1. The Hall–Kier alpha value is -0.900. The van der Waals surface area contributed by atoms with Crippen LogP contribution in [0, 0.1) is 0 Å². The number of hydrogen-bond donors (Lipinski definition) is 1. The number of hydrogen-bond acceptors (Lipinski definition) is 3. The Labute approximate surface area is 118 Å². The van der Waals surface area contributed by atoms with Crippen LogP contribution in [-0.4, -0.2) is 50.6 Å². The first-order chi connectivity index (χ1) is 8.95. The summed E-state index contributed by atoms with van der Waals surface area (Å²) in [5, 5.41) is 0. The van der Waals surface area contributed by atoms with Gasteiger partial charge in [-0.15, -0.1) is 0 Å². The van der Waals surface area contributed by atoms with Crippen molar-refractivity contribution in [3.63, 3.8) is 0 Å². The number of benzene rings is 1. The van der Waals surface area contributed by atoms with E-state index in [4.69, 9.17) is 5.73 Å². The molecule has 0 saturated heterocycles. The Kier molecular flexibility index (Phi) is 6.49. The Morgan fingerprint density at radius 3 is 1.89 bits per heavy atom. The van der Waals surface area contributed by atoms with E-state index in [1.807, 2.05) is 0 Å². The molecule has 1 aromatic rings.